The number of sulfone groups is 1. The van der Waals surface area contributed by atoms with E-state index in [1.807, 2.05) is 6.92 Å². The summed E-state index contributed by atoms with van der Waals surface area (Å²) in [6.07, 6.45) is 13.8. The van der Waals surface area contributed by atoms with Gasteiger partial charge in [0.2, 0.25) is 0 Å². The highest BCUT2D eigenvalue weighted by Crippen LogP contribution is 2.59. The Bertz CT molecular complexity index is 624. The number of esters is 1. The number of hydrogen-bond donors (Lipinski definition) is 0. The molecule has 0 amide bonds. The fraction of sp³-hybridized carbons (Fsp3) is 0.857. The molecule has 2 bridgehead atoms. The van der Waals surface area contributed by atoms with Gasteiger partial charge in [0, 0.05) is 6.92 Å². The van der Waals surface area contributed by atoms with Crippen LogP contribution in [-0.2, 0) is 19.4 Å². The van der Waals surface area contributed by atoms with E-state index in [1.54, 1.807) is 0 Å². The number of unbranched alkanes of at least 4 members (excludes halogenated alkanes) is 5. The van der Waals surface area contributed by atoms with E-state index in [0.29, 0.717) is 30.3 Å². The number of rotatable bonds is 10. The minimum atomic E-state index is -2.96. The maximum absolute atomic E-state index is 13.1. The summed E-state index contributed by atoms with van der Waals surface area (Å²) in [6.45, 7) is 4.01. The van der Waals surface area contributed by atoms with Gasteiger partial charge in [0.25, 0.3) is 0 Å². The predicted octanol–water partition coefficient (Wildman–Crippen LogP) is 4.29. The van der Waals surface area contributed by atoms with E-state index in [9.17, 15) is 13.2 Å². The Labute approximate surface area is 158 Å². The van der Waals surface area contributed by atoms with Crippen LogP contribution in [0.15, 0.2) is 12.2 Å². The molecule has 0 aromatic rings. The maximum atomic E-state index is 13.1. The zero-order chi connectivity index (χ0) is 18.7. The summed E-state index contributed by atoms with van der Waals surface area (Å²) in [6, 6.07) is 0. The molecule has 5 heteroatoms. The van der Waals surface area contributed by atoms with Crippen LogP contribution in [0, 0.1) is 23.7 Å². The van der Waals surface area contributed by atoms with Crippen molar-refractivity contribution in [3.05, 3.63) is 12.2 Å². The molecular formula is C21H34O4S. The molecule has 1 saturated carbocycles. The highest BCUT2D eigenvalue weighted by molar-refractivity contribution is 7.93. The van der Waals surface area contributed by atoms with Gasteiger partial charge in [0.15, 0.2) is 9.84 Å². The van der Waals surface area contributed by atoms with Gasteiger partial charge in [-0.1, -0.05) is 51.2 Å². The Morgan fingerprint density at radius 1 is 0.962 bits per heavy atom. The Kier molecular flexibility index (Phi) is 6.47. The Morgan fingerprint density at radius 2 is 1.54 bits per heavy atom. The van der Waals surface area contributed by atoms with Crippen molar-refractivity contribution in [3.8, 4) is 0 Å². The van der Waals surface area contributed by atoms with E-state index in [-0.39, 0.29) is 16.5 Å². The highest BCUT2D eigenvalue weighted by Gasteiger charge is 2.61. The third-order valence-electron chi connectivity index (χ3n) is 6.88. The zero-order valence-electron chi connectivity index (χ0n) is 16.2. The van der Waals surface area contributed by atoms with Crippen LogP contribution in [0.5, 0.6) is 0 Å². The van der Waals surface area contributed by atoms with Gasteiger partial charge in [-0.05, 0) is 49.4 Å². The second-order valence-corrected chi connectivity index (χ2v) is 10.8. The fourth-order valence-electron chi connectivity index (χ4n) is 5.84. The molecule has 0 spiro atoms. The topological polar surface area (TPSA) is 60.4 Å². The van der Waals surface area contributed by atoms with Crippen molar-refractivity contribution in [3.63, 3.8) is 0 Å². The van der Waals surface area contributed by atoms with Crippen LogP contribution in [0.1, 0.15) is 71.6 Å². The smallest absolute Gasteiger partial charge is 0.302 e. The van der Waals surface area contributed by atoms with Crippen LogP contribution in [0.25, 0.3) is 0 Å². The van der Waals surface area contributed by atoms with E-state index in [2.05, 4.69) is 12.2 Å². The largest absolute Gasteiger partial charge is 0.466 e. The van der Waals surface area contributed by atoms with E-state index >= 15 is 0 Å². The average Bonchev–Trinajstić information content (AvgIpc) is 3.23. The summed E-state index contributed by atoms with van der Waals surface area (Å²) < 4.78 is 31.1. The van der Waals surface area contributed by atoms with Gasteiger partial charge in [-0.3, -0.25) is 4.79 Å². The zero-order valence-corrected chi connectivity index (χ0v) is 17.0. The van der Waals surface area contributed by atoms with Gasteiger partial charge >= 0.3 is 5.97 Å². The molecule has 148 valence electrons. The van der Waals surface area contributed by atoms with Gasteiger partial charge in [-0.25, -0.2) is 8.42 Å². The lowest BCUT2D eigenvalue weighted by Crippen LogP contribution is -2.27. The quantitative estimate of drug-likeness (QED) is 0.321. The van der Waals surface area contributed by atoms with E-state index in [4.69, 9.17) is 4.74 Å². The number of allylic oxidation sites excluding steroid dienone is 2. The van der Waals surface area contributed by atoms with Gasteiger partial charge in [0.1, 0.15) is 0 Å². The van der Waals surface area contributed by atoms with Gasteiger partial charge in [0.05, 0.1) is 17.1 Å². The van der Waals surface area contributed by atoms with Gasteiger partial charge < -0.3 is 4.74 Å². The van der Waals surface area contributed by atoms with Crippen molar-refractivity contribution < 1.29 is 17.9 Å². The lowest BCUT2D eigenvalue weighted by atomic mass is 9.77. The molecule has 3 aliphatic rings. The first-order valence-electron chi connectivity index (χ1n) is 10.5. The summed E-state index contributed by atoms with van der Waals surface area (Å²) in [4.78, 5) is 10.7. The second kappa shape index (κ2) is 8.45. The predicted molar refractivity (Wildman–Crippen MR) is 103 cm³/mol. The molecule has 0 radical (unpaired) electrons. The summed E-state index contributed by atoms with van der Waals surface area (Å²) in [5.74, 6) is 1.62. The molecule has 4 unspecified atom stereocenters. The third kappa shape index (κ3) is 3.88. The van der Waals surface area contributed by atoms with Gasteiger partial charge in [-0.15, -0.1) is 0 Å². The molecule has 2 fully saturated rings. The number of hydrogen-bond acceptors (Lipinski definition) is 4. The first-order chi connectivity index (χ1) is 12.5. The van der Waals surface area contributed by atoms with Crippen LogP contribution in [0.2, 0.25) is 0 Å². The minimum absolute atomic E-state index is 0.0960. The normalized spacial score (nSPS) is 36.4. The van der Waals surface area contributed by atoms with Crippen LogP contribution >= 0.6 is 0 Å². The van der Waals surface area contributed by atoms with Crippen LogP contribution < -0.4 is 0 Å². The Balaban J connectivity index is 1.42. The Hall–Kier alpha value is -0.840. The molecule has 26 heavy (non-hydrogen) atoms. The number of carbonyl (C=O) groups is 1. The molecule has 4 nitrogen and oxygen atoms in total. The number of fused-ring (bicyclic) bond motifs is 5. The van der Waals surface area contributed by atoms with Crippen molar-refractivity contribution in [2.75, 3.05) is 6.61 Å². The monoisotopic (exact) mass is 382 g/mol. The van der Waals surface area contributed by atoms with E-state index in [1.165, 1.54) is 13.3 Å². The molecule has 3 rings (SSSR count). The third-order valence-corrected chi connectivity index (χ3v) is 9.76. The first kappa shape index (κ1) is 19.9. The van der Waals surface area contributed by atoms with E-state index < -0.39 is 9.84 Å². The van der Waals surface area contributed by atoms with Crippen molar-refractivity contribution in [1.29, 1.82) is 0 Å². The van der Waals surface area contributed by atoms with Crippen molar-refractivity contribution in [1.82, 2.24) is 0 Å². The minimum Gasteiger partial charge on any atom is -0.466 e. The fourth-order valence-corrected chi connectivity index (χ4v) is 8.89. The molecule has 1 saturated heterocycles. The molecule has 0 N–H and O–H groups in total. The number of ether oxygens (including phenoxy) is 1. The van der Waals surface area contributed by atoms with Crippen LogP contribution in [0.4, 0.5) is 0 Å². The lowest BCUT2D eigenvalue weighted by Gasteiger charge is -2.25. The van der Waals surface area contributed by atoms with Crippen molar-refractivity contribution >= 4 is 15.8 Å². The second-order valence-electron chi connectivity index (χ2n) is 8.43. The first-order valence-corrected chi connectivity index (χ1v) is 12.1. The van der Waals surface area contributed by atoms with E-state index in [0.717, 1.165) is 51.4 Å². The molecular weight excluding hydrogens is 348 g/mol. The molecule has 0 aromatic carbocycles. The lowest BCUT2D eigenvalue weighted by molar-refractivity contribution is -0.141. The SMILES string of the molecule is CC[C@@H]1C2C3C=CC(C3)C2[C@H](CCCCCCCCOC(C)=O)S1(=O)=O. The van der Waals surface area contributed by atoms with Crippen molar-refractivity contribution in [2.45, 2.75) is 82.1 Å². The molecule has 6 atom stereocenters. The summed E-state index contributed by atoms with van der Waals surface area (Å²) in [7, 11) is -2.96. The maximum Gasteiger partial charge on any atom is 0.302 e. The van der Waals surface area contributed by atoms with Crippen molar-refractivity contribution in [2.24, 2.45) is 23.7 Å². The average molecular weight is 383 g/mol. The molecule has 1 aliphatic heterocycles. The van der Waals surface area contributed by atoms with Gasteiger partial charge in [-0.2, -0.15) is 0 Å². The van der Waals surface area contributed by atoms with Crippen LogP contribution in [0.3, 0.4) is 0 Å². The molecule has 2 aliphatic carbocycles. The summed E-state index contributed by atoms with van der Waals surface area (Å²) in [5.41, 5.74) is 0. The Morgan fingerprint density at radius 3 is 2.15 bits per heavy atom. The standard InChI is InChI=1S/C21H34O4S/c1-3-18-20-16-11-12-17(14-16)21(20)19(26(18,23)24)10-8-6-4-5-7-9-13-25-15(2)22/h11-12,16-21H,3-10,13-14H2,1-2H3/t16?,17?,18-,19+,20?,21?/m1/s1. The number of carbonyl (C=O) groups excluding carboxylic acids is 1. The summed E-state index contributed by atoms with van der Waals surface area (Å²) in [5, 5.41) is -0.194. The highest BCUT2D eigenvalue weighted by atomic mass is 32.2. The molecule has 1 heterocycles. The summed E-state index contributed by atoms with van der Waals surface area (Å²) >= 11 is 0. The molecule has 0 aromatic heterocycles. The van der Waals surface area contributed by atoms with Crippen LogP contribution in [-0.4, -0.2) is 31.5 Å².